The van der Waals surface area contributed by atoms with Crippen LogP contribution < -0.4 is 5.32 Å². The molecule has 17 heavy (non-hydrogen) atoms. The lowest BCUT2D eigenvalue weighted by molar-refractivity contribution is 0.260. The van der Waals surface area contributed by atoms with Gasteiger partial charge in [0, 0.05) is 17.5 Å². The maximum absolute atomic E-state index is 5.95. The molecule has 0 aliphatic heterocycles. The molecule has 0 bridgehead atoms. The van der Waals surface area contributed by atoms with Gasteiger partial charge in [-0.05, 0) is 49.7 Å². The highest BCUT2D eigenvalue weighted by atomic mass is 35.5. The normalized spacial score (nSPS) is 29.5. The van der Waals surface area contributed by atoms with E-state index in [1.54, 1.807) is 11.3 Å². The van der Waals surface area contributed by atoms with Crippen molar-refractivity contribution in [2.75, 3.05) is 0 Å². The zero-order valence-corrected chi connectivity index (χ0v) is 11.7. The number of hydrogen-bond acceptors (Lipinski definition) is 2. The van der Waals surface area contributed by atoms with E-state index in [1.807, 2.05) is 6.07 Å². The van der Waals surface area contributed by atoms with E-state index in [0.717, 1.165) is 28.8 Å². The molecule has 0 spiro atoms. The van der Waals surface area contributed by atoms with Gasteiger partial charge in [0.15, 0.2) is 0 Å². The zero-order chi connectivity index (χ0) is 11.7. The molecule has 2 unspecified atom stereocenters. The summed E-state index contributed by atoms with van der Waals surface area (Å²) in [7, 11) is 0. The van der Waals surface area contributed by atoms with Crippen LogP contribution in [0.3, 0.4) is 0 Å². The van der Waals surface area contributed by atoms with E-state index in [4.69, 9.17) is 11.6 Å². The lowest BCUT2D eigenvalue weighted by Gasteiger charge is -2.29. The molecule has 2 aliphatic carbocycles. The van der Waals surface area contributed by atoms with Gasteiger partial charge in [0.05, 0.1) is 4.34 Å². The van der Waals surface area contributed by atoms with E-state index in [9.17, 15) is 0 Å². The summed E-state index contributed by atoms with van der Waals surface area (Å²) in [5, 5.41) is 3.72. The quantitative estimate of drug-likeness (QED) is 0.851. The van der Waals surface area contributed by atoms with Crippen LogP contribution in [-0.2, 0) is 6.54 Å². The predicted molar refractivity (Wildman–Crippen MR) is 74.6 cm³/mol. The van der Waals surface area contributed by atoms with Crippen molar-refractivity contribution in [1.82, 2.24) is 5.32 Å². The predicted octanol–water partition coefficient (Wildman–Crippen LogP) is 4.46. The molecule has 0 aromatic carbocycles. The Balaban J connectivity index is 1.47. The van der Waals surface area contributed by atoms with Gasteiger partial charge in [-0.3, -0.25) is 0 Å². The Morgan fingerprint density at radius 1 is 1.18 bits per heavy atom. The minimum atomic E-state index is 0.746. The first-order chi connectivity index (χ1) is 8.31. The molecule has 1 nitrogen and oxygen atoms in total. The van der Waals surface area contributed by atoms with Crippen molar-refractivity contribution < 1.29 is 0 Å². The summed E-state index contributed by atoms with van der Waals surface area (Å²) in [4.78, 5) is 1.36. The van der Waals surface area contributed by atoms with E-state index in [-0.39, 0.29) is 0 Å². The van der Waals surface area contributed by atoms with Gasteiger partial charge in [0.25, 0.3) is 0 Å². The fraction of sp³-hybridized carbons (Fsp3) is 0.714. The molecule has 1 N–H and O–H groups in total. The first-order valence-corrected chi connectivity index (χ1v) is 7.98. The molecule has 3 heteroatoms. The van der Waals surface area contributed by atoms with E-state index >= 15 is 0 Å². The summed E-state index contributed by atoms with van der Waals surface area (Å²) in [5.74, 6) is 2.10. The number of nitrogens with one attached hydrogen (secondary N) is 1. The van der Waals surface area contributed by atoms with E-state index < -0.39 is 0 Å². The van der Waals surface area contributed by atoms with Gasteiger partial charge in [-0.25, -0.2) is 0 Å². The van der Waals surface area contributed by atoms with Gasteiger partial charge in [-0.15, -0.1) is 11.3 Å². The van der Waals surface area contributed by atoms with Crippen LogP contribution in [0.4, 0.5) is 0 Å². The average Bonchev–Trinajstić information content (AvgIpc) is 3.11. The highest BCUT2D eigenvalue weighted by Crippen LogP contribution is 2.43. The molecule has 0 saturated heterocycles. The standard InChI is InChI=1S/C14H20ClNS/c15-14-7-6-13(17-14)9-16-12-3-1-2-11(8-12)10-4-5-10/h6-7,10-12,16H,1-5,8-9H2. The van der Waals surface area contributed by atoms with Crippen molar-refractivity contribution in [3.63, 3.8) is 0 Å². The molecule has 0 radical (unpaired) electrons. The molecule has 0 amide bonds. The van der Waals surface area contributed by atoms with Gasteiger partial charge in [-0.1, -0.05) is 24.4 Å². The molecule has 3 rings (SSSR count). The third-order valence-corrected chi connectivity index (χ3v) is 5.43. The Kier molecular flexibility index (Phi) is 3.74. The van der Waals surface area contributed by atoms with Gasteiger partial charge in [-0.2, -0.15) is 0 Å². The smallest absolute Gasteiger partial charge is 0.0931 e. The number of thiophene rings is 1. The number of rotatable bonds is 4. The fourth-order valence-corrected chi connectivity index (χ4v) is 4.14. The second-order valence-corrected chi connectivity index (χ2v) is 7.35. The Labute approximate surface area is 113 Å². The van der Waals surface area contributed by atoms with Gasteiger partial charge >= 0.3 is 0 Å². The van der Waals surface area contributed by atoms with Crippen LogP contribution >= 0.6 is 22.9 Å². The second kappa shape index (κ2) is 5.29. The Bertz CT molecular complexity index is 372. The molecule has 1 aromatic heterocycles. The minimum Gasteiger partial charge on any atom is -0.309 e. The maximum Gasteiger partial charge on any atom is 0.0931 e. The first kappa shape index (κ1) is 12.0. The SMILES string of the molecule is Clc1ccc(CNC2CCCC(C3CC3)C2)s1. The van der Waals surface area contributed by atoms with Crippen molar-refractivity contribution in [1.29, 1.82) is 0 Å². The van der Waals surface area contributed by atoms with Gasteiger partial charge in [0.1, 0.15) is 0 Å². The van der Waals surface area contributed by atoms with Crippen LogP contribution in [0.25, 0.3) is 0 Å². The molecular formula is C14H20ClNS. The Hall–Kier alpha value is -0.0500. The number of hydrogen-bond donors (Lipinski definition) is 1. The third-order valence-electron chi connectivity index (χ3n) is 4.20. The second-order valence-electron chi connectivity index (χ2n) is 5.55. The molecule has 2 atom stereocenters. The lowest BCUT2D eigenvalue weighted by atomic mass is 9.83. The van der Waals surface area contributed by atoms with Crippen LogP contribution in [0.15, 0.2) is 12.1 Å². The molecule has 2 aliphatic rings. The third kappa shape index (κ3) is 3.24. The summed E-state index contributed by atoms with van der Waals surface area (Å²) >= 11 is 7.64. The summed E-state index contributed by atoms with van der Waals surface area (Å²) in [6.07, 6.45) is 8.67. The molecule has 2 fully saturated rings. The fourth-order valence-electron chi connectivity index (χ4n) is 3.10. The van der Waals surface area contributed by atoms with Crippen molar-refractivity contribution in [2.24, 2.45) is 11.8 Å². The molecule has 2 saturated carbocycles. The summed E-state index contributed by atoms with van der Waals surface area (Å²) in [5.41, 5.74) is 0. The molecule has 94 valence electrons. The maximum atomic E-state index is 5.95. The minimum absolute atomic E-state index is 0.746. The van der Waals surface area contributed by atoms with E-state index in [0.29, 0.717) is 0 Å². The van der Waals surface area contributed by atoms with Crippen LogP contribution in [0.5, 0.6) is 0 Å². The van der Waals surface area contributed by atoms with Crippen molar-refractivity contribution in [2.45, 2.75) is 51.1 Å². The van der Waals surface area contributed by atoms with Crippen LogP contribution in [0.2, 0.25) is 4.34 Å². The van der Waals surface area contributed by atoms with Crippen molar-refractivity contribution >= 4 is 22.9 Å². The molecule has 1 aromatic rings. The Morgan fingerprint density at radius 3 is 2.76 bits per heavy atom. The lowest BCUT2D eigenvalue weighted by Crippen LogP contribution is -2.34. The van der Waals surface area contributed by atoms with Crippen LogP contribution in [0.1, 0.15) is 43.4 Å². The van der Waals surface area contributed by atoms with Gasteiger partial charge < -0.3 is 5.32 Å². The van der Waals surface area contributed by atoms with E-state index in [2.05, 4.69) is 11.4 Å². The first-order valence-electron chi connectivity index (χ1n) is 6.79. The summed E-state index contributed by atoms with van der Waals surface area (Å²) in [6, 6.07) is 4.88. The number of halogens is 1. The van der Waals surface area contributed by atoms with Crippen LogP contribution in [-0.4, -0.2) is 6.04 Å². The highest BCUT2D eigenvalue weighted by molar-refractivity contribution is 7.16. The highest BCUT2D eigenvalue weighted by Gasteiger charge is 2.34. The van der Waals surface area contributed by atoms with Crippen molar-refractivity contribution in [3.8, 4) is 0 Å². The van der Waals surface area contributed by atoms with E-state index in [1.165, 1.54) is 43.4 Å². The summed E-state index contributed by atoms with van der Waals surface area (Å²) in [6.45, 7) is 0.999. The van der Waals surface area contributed by atoms with Gasteiger partial charge in [0.2, 0.25) is 0 Å². The van der Waals surface area contributed by atoms with Crippen LogP contribution in [0, 0.1) is 11.8 Å². The zero-order valence-electron chi connectivity index (χ0n) is 10.1. The van der Waals surface area contributed by atoms with Crippen molar-refractivity contribution in [3.05, 3.63) is 21.3 Å². The largest absolute Gasteiger partial charge is 0.309 e. The topological polar surface area (TPSA) is 12.0 Å². The average molecular weight is 270 g/mol. The molecular weight excluding hydrogens is 250 g/mol. The monoisotopic (exact) mass is 269 g/mol. The molecule has 1 heterocycles. The Morgan fingerprint density at radius 2 is 2.06 bits per heavy atom. The summed E-state index contributed by atoms with van der Waals surface area (Å²) < 4.78 is 0.904.